The molecular formula is C17H21NO3S. The maximum absolute atomic E-state index is 12.2. The van der Waals surface area contributed by atoms with E-state index in [4.69, 9.17) is 4.74 Å². The van der Waals surface area contributed by atoms with Crippen LogP contribution in [0.3, 0.4) is 0 Å². The molecule has 2 aromatic rings. The Kier molecular flexibility index (Phi) is 5.21. The Labute approximate surface area is 132 Å². The smallest absolute Gasteiger partial charge is 0.240 e. The molecule has 0 unspecified atom stereocenters. The number of benzene rings is 2. The fourth-order valence-electron chi connectivity index (χ4n) is 2.08. The van der Waals surface area contributed by atoms with Gasteiger partial charge in [0.05, 0.1) is 4.90 Å². The molecule has 0 aliphatic rings. The Morgan fingerprint density at radius 2 is 1.68 bits per heavy atom. The van der Waals surface area contributed by atoms with Gasteiger partial charge in [-0.15, -0.1) is 0 Å². The van der Waals surface area contributed by atoms with Crippen LogP contribution in [0.2, 0.25) is 0 Å². The third-order valence-electron chi connectivity index (χ3n) is 3.52. The average molecular weight is 319 g/mol. The zero-order valence-electron chi connectivity index (χ0n) is 13.1. The molecule has 0 spiro atoms. The Morgan fingerprint density at radius 1 is 0.955 bits per heavy atom. The summed E-state index contributed by atoms with van der Waals surface area (Å²) < 4.78 is 32.5. The molecule has 2 rings (SSSR count). The maximum Gasteiger partial charge on any atom is 0.240 e. The summed E-state index contributed by atoms with van der Waals surface area (Å²) in [5.74, 6) is 0.748. The molecule has 0 fully saturated rings. The van der Waals surface area contributed by atoms with Crippen molar-refractivity contribution in [3.05, 3.63) is 59.2 Å². The quantitative estimate of drug-likeness (QED) is 0.833. The molecule has 0 saturated carbocycles. The highest BCUT2D eigenvalue weighted by Gasteiger charge is 2.15. The minimum atomic E-state index is -3.49. The third-order valence-corrected chi connectivity index (χ3v) is 5.15. The van der Waals surface area contributed by atoms with Gasteiger partial charge < -0.3 is 4.74 Å². The molecular weight excluding hydrogens is 298 g/mol. The van der Waals surface area contributed by atoms with E-state index in [1.165, 1.54) is 5.56 Å². The number of nitrogens with one attached hydrogen (secondary N) is 1. The van der Waals surface area contributed by atoms with Crippen LogP contribution in [0, 0.1) is 20.8 Å². The van der Waals surface area contributed by atoms with Crippen molar-refractivity contribution in [2.75, 3.05) is 13.2 Å². The molecule has 0 aliphatic carbocycles. The van der Waals surface area contributed by atoms with Gasteiger partial charge in [0, 0.05) is 6.54 Å². The first-order chi connectivity index (χ1) is 10.4. The number of hydrogen-bond donors (Lipinski definition) is 1. The zero-order valence-corrected chi connectivity index (χ0v) is 13.9. The van der Waals surface area contributed by atoms with Crippen LogP contribution in [-0.2, 0) is 10.0 Å². The molecule has 1 N–H and O–H groups in total. The van der Waals surface area contributed by atoms with E-state index in [1.807, 2.05) is 38.1 Å². The molecule has 4 nitrogen and oxygen atoms in total. The standard InChI is InChI=1S/C17H21NO3S/c1-13-8-9-16(12-15(13)3)21-11-10-18-22(19,20)17-7-5-4-6-14(17)2/h4-9,12,18H,10-11H2,1-3H3. The topological polar surface area (TPSA) is 55.4 Å². The van der Waals surface area contributed by atoms with Crippen molar-refractivity contribution in [3.8, 4) is 5.75 Å². The monoisotopic (exact) mass is 319 g/mol. The van der Waals surface area contributed by atoms with Gasteiger partial charge in [0.1, 0.15) is 12.4 Å². The fourth-order valence-corrected chi connectivity index (χ4v) is 3.34. The predicted octanol–water partition coefficient (Wildman–Crippen LogP) is 2.97. The minimum Gasteiger partial charge on any atom is -0.492 e. The second-order valence-corrected chi connectivity index (χ2v) is 6.99. The van der Waals surface area contributed by atoms with Crippen molar-refractivity contribution in [3.63, 3.8) is 0 Å². The van der Waals surface area contributed by atoms with Gasteiger partial charge in [-0.05, 0) is 55.7 Å². The highest BCUT2D eigenvalue weighted by molar-refractivity contribution is 7.89. The summed E-state index contributed by atoms with van der Waals surface area (Å²) in [7, 11) is -3.49. The molecule has 0 aliphatic heterocycles. The fraction of sp³-hybridized carbons (Fsp3) is 0.294. The van der Waals surface area contributed by atoms with Crippen LogP contribution >= 0.6 is 0 Å². The largest absolute Gasteiger partial charge is 0.492 e. The number of hydrogen-bond acceptors (Lipinski definition) is 3. The van der Waals surface area contributed by atoms with Gasteiger partial charge in [-0.1, -0.05) is 24.3 Å². The Hall–Kier alpha value is -1.85. The second kappa shape index (κ2) is 6.94. The van der Waals surface area contributed by atoms with E-state index in [0.717, 1.165) is 16.9 Å². The number of ether oxygens (including phenoxy) is 1. The van der Waals surface area contributed by atoms with E-state index in [2.05, 4.69) is 4.72 Å². The molecule has 5 heteroatoms. The zero-order chi connectivity index (χ0) is 16.2. The van der Waals surface area contributed by atoms with Crippen molar-refractivity contribution in [2.45, 2.75) is 25.7 Å². The molecule has 0 saturated heterocycles. The van der Waals surface area contributed by atoms with Gasteiger partial charge in [0.25, 0.3) is 0 Å². The molecule has 0 bridgehead atoms. The van der Waals surface area contributed by atoms with Gasteiger partial charge in [0.15, 0.2) is 0 Å². The summed E-state index contributed by atoms with van der Waals surface area (Å²) in [5.41, 5.74) is 3.08. The van der Waals surface area contributed by atoms with Crippen molar-refractivity contribution in [2.24, 2.45) is 0 Å². The van der Waals surface area contributed by atoms with Crippen molar-refractivity contribution in [1.82, 2.24) is 4.72 Å². The number of sulfonamides is 1. The van der Waals surface area contributed by atoms with E-state index in [1.54, 1.807) is 25.1 Å². The van der Waals surface area contributed by atoms with E-state index in [-0.39, 0.29) is 13.2 Å². The lowest BCUT2D eigenvalue weighted by molar-refractivity contribution is 0.322. The number of rotatable bonds is 6. The normalized spacial score (nSPS) is 11.4. The molecule has 0 heterocycles. The highest BCUT2D eigenvalue weighted by atomic mass is 32.2. The van der Waals surface area contributed by atoms with E-state index < -0.39 is 10.0 Å². The predicted molar refractivity (Wildman–Crippen MR) is 87.8 cm³/mol. The van der Waals surface area contributed by atoms with E-state index >= 15 is 0 Å². The lowest BCUT2D eigenvalue weighted by Gasteiger charge is -2.11. The highest BCUT2D eigenvalue weighted by Crippen LogP contribution is 2.16. The first-order valence-electron chi connectivity index (χ1n) is 7.15. The van der Waals surface area contributed by atoms with Crippen molar-refractivity contribution in [1.29, 1.82) is 0 Å². The average Bonchev–Trinajstić information content (AvgIpc) is 2.47. The molecule has 22 heavy (non-hydrogen) atoms. The Morgan fingerprint density at radius 3 is 2.36 bits per heavy atom. The van der Waals surface area contributed by atoms with Gasteiger partial charge in [-0.3, -0.25) is 0 Å². The first-order valence-corrected chi connectivity index (χ1v) is 8.64. The first kappa shape index (κ1) is 16.5. The van der Waals surface area contributed by atoms with Crippen molar-refractivity contribution < 1.29 is 13.2 Å². The minimum absolute atomic E-state index is 0.226. The molecule has 2 aromatic carbocycles. The number of aryl methyl sites for hydroxylation is 3. The van der Waals surface area contributed by atoms with Gasteiger partial charge in [-0.25, -0.2) is 13.1 Å². The summed E-state index contributed by atoms with van der Waals surface area (Å²) in [4.78, 5) is 0.307. The SMILES string of the molecule is Cc1ccc(OCCNS(=O)(=O)c2ccccc2C)cc1C. The molecule has 0 radical (unpaired) electrons. The van der Waals surface area contributed by atoms with Crippen LogP contribution in [-0.4, -0.2) is 21.6 Å². The Balaban J connectivity index is 1.91. The van der Waals surface area contributed by atoms with Gasteiger partial charge in [-0.2, -0.15) is 0 Å². The van der Waals surface area contributed by atoms with Gasteiger partial charge in [0.2, 0.25) is 10.0 Å². The van der Waals surface area contributed by atoms with Crippen molar-refractivity contribution >= 4 is 10.0 Å². The Bertz CT molecular complexity index is 754. The summed E-state index contributed by atoms with van der Waals surface area (Å²) >= 11 is 0. The maximum atomic E-state index is 12.2. The summed E-state index contributed by atoms with van der Waals surface area (Å²) in [5, 5.41) is 0. The lowest BCUT2D eigenvalue weighted by Crippen LogP contribution is -2.28. The molecule has 0 aromatic heterocycles. The van der Waals surface area contributed by atoms with Crippen LogP contribution < -0.4 is 9.46 Å². The van der Waals surface area contributed by atoms with E-state index in [0.29, 0.717) is 4.90 Å². The van der Waals surface area contributed by atoms with Crippen LogP contribution in [0.1, 0.15) is 16.7 Å². The van der Waals surface area contributed by atoms with E-state index in [9.17, 15) is 8.42 Å². The summed E-state index contributed by atoms with van der Waals surface area (Å²) in [6, 6.07) is 12.7. The molecule has 0 atom stereocenters. The molecule has 118 valence electrons. The van der Waals surface area contributed by atoms with Gasteiger partial charge >= 0.3 is 0 Å². The lowest BCUT2D eigenvalue weighted by atomic mass is 10.1. The van der Waals surface area contributed by atoms with Crippen LogP contribution in [0.5, 0.6) is 5.75 Å². The second-order valence-electron chi connectivity index (χ2n) is 5.26. The summed E-state index contributed by atoms with van der Waals surface area (Å²) in [6.07, 6.45) is 0. The molecule has 0 amide bonds. The van der Waals surface area contributed by atoms with Crippen LogP contribution in [0.4, 0.5) is 0 Å². The third kappa shape index (κ3) is 4.08. The van der Waals surface area contributed by atoms with Crippen LogP contribution in [0.25, 0.3) is 0 Å². The summed E-state index contributed by atoms with van der Waals surface area (Å²) in [6.45, 7) is 6.34. The van der Waals surface area contributed by atoms with Crippen LogP contribution in [0.15, 0.2) is 47.4 Å².